The zero-order valence-electron chi connectivity index (χ0n) is 24.9. The number of halogens is 3. The van der Waals surface area contributed by atoms with Crippen molar-refractivity contribution in [3.8, 4) is 0 Å². The van der Waals surface area contributed by atoms with Gasteiger partial charge in [-0.25, -0.2) is 4.79 Å². The van der Waals surface area contributed by atoms with Crippen LogP contribution >= 0.6 is 67.8 Å². The van der Waals surface area contributed by atoms with Crippen molar-refractivity contribution in [2.24, 2.45) is 0 Å². The molecule has 2 fully saturated rings. The summed E-state index contributed by atoms with van der Waals surface area (Å²) >= 11 is 5.15. The number of carbonyl (C=O) groups excluding carboxylic acids is 3. The molecule has 0 unspecified atom stereocenters. The van der Waals surface area contributed by atoms with Crippen molar-refractivity contribution >= 4 is 97.2 Å². The molecule has 0 spiro atoms. The van der Waals surface area contributed by atoms with Crippen molar-refractivity contribution in [3.63, 3.8) is 0 Å². The van der Waals surface area contributed by atoms with Crippen molar-refractivity contribution < 1.29 is 84.1 Å². The Morgan fingerprint density at radius 2 is 1.39 bits per heavy atom. The van der Waals surface area contributed by atoms with Crippen LogP contribution in [0.25, 0.3) is 0 Å². The van der Waals surface area contributed by atoms with Crippen LogP contribution in [0.5, 0.6) is 0 Å². The minimum absolute atomic E-state index is 0.0110. The Morgan fingerprint density at radius 1 is 0.735 bits per heavy atom. The summed E-state index contributed by atoms with van der Waals surface area (Å²) in [6.45, 7) is -3.31. The second kappa shape index (κ2) is 19.0. The van der Waals surface area contributed by atoms with Crippen LogP contribution < -0.4 is 16.0 Å². The highest BCUT2D eigenvalue weighted by Crippen LogP contribution is 2.36. The van der Waals surface area contributed by atoms with Gasteiger partial charge in [0.2, 0.25) is 11.8 Å². The van der Waals surface area contributed by atoms with Crippen LogP contribution in [0.2, 0.25) is 0 Å². The van der Waals surface area contributed by atoms with Crippen LogP contribution in [-0.2, 0) is 28.5 Å². The maximum absolute atomic E-state index is 12.8. The molecule has 1 aromatic carbocycles. The molecular formula is C26H34I3N3O17. The smallest absolute Gasteiger partial charge is 0.337 e. The summed E-state index contributed by atoms with van der Waals surface area (Å²) in [5.41, 5.74) is -0.313. The number of carboxylic acids is 1. The summed E-state index contributed by atoms with van der Waals surface area (Å²) < 4.78 is 21.4. The first-order valence-corrected chi connectivity index (χ1v) is 17.4. The van der Waals surface area contributed by atoms with Gasteiger partial charge in [-0.2, -0.15) is 0 Å². The van der Waals surface area contributed by atoms with Crippen LogP contribution in [0, 0.1) is 10.7 Å². The predicted molar refractivity (Wildman–Crippen MR) is 185 cm³/mol. The number of anilines is 1. The highest BCUT2D eigenvalue weighted by atomic mass is 127. The Kier molecular flexibility index (Phi) is 16.4. The molecule has 23 heteroatoms. The Hall–Kier alpha value is -1.19. The van der Waals surface area contributed by atoms with E-state index in [1.165, 1.54) is 0 Å². The van der Waals surface area contributed by atoms with E-state index in [1.54, 1.807) is 67.8 Å². The SMILES string of the molecule is O=C(CO[C@@H]1[C@@H](O)[C@@H](O)O[C@H](CO[C@H]2O[C@H](CO)[C@@H](O)[C@H](O)[C@H]2O)[C@H]1O)NCC(=O)Nc1c(I)c(C(=O)O)c(I)c(C(=O)NCCO)c1I. The summed E-state index contributed by atoms with van der Waals surface area (Å²) in [7, 11) is 0. The largest absolute Gasteiger partial charge is 0.478 e. The van der Waals surface area contributed by atoms with E-state index in [0.717, 1.165) is 0 Å². The fraction of sp³-hybridized carbons (Fsp3) is 0.615. The molecule has 0 saturated carbocycles. The fourth-order valence-electron chi connectivity index (χ4n) is 4.65. The predicted octanol–water partition coefficient (Wildman–Crippen LogP) is -4.38. The quantitative estimate of drug-likeness (QED) is 0.0784. The molecule has 2 aliphatic rings. The summed E-state index contributed by atoms with van der Waals surface area (Å²) in [6.07, 6.45) is -16.6. The minimum Gasteiger partial charge on any atom is -0.478 e. The molecule has 276 valence electrons. The van der Waals surface area contributed by atoms with Crippen molar-refractivity contribution in [1.82, 2.24) is 10.6 Å². The first kappa shape index (κ1) is 42.2. The van der Waals surface area contributed by atoms with Gasteiger partial charge < -0.3 is 80.9 Å². The van der Waals surface area contributed by atoms with Gasteiger partial charge in [0, 0.05) is 10.1 Å². The highest BCUT2D eigenvalue weighted by molar-refractivity contribution is 14.1. The standard InChI is InChI=1S/C26H34I3N3O17/c27-13-11(23(42)30-1-2-33)14(28)16(15(29)12(13)24(43)44)32-9(35)3-31-10(36)6-46-22-18(38)8(48-25(45)21(22)41)5-47-26-20(40)19(39)17(37)7(4-34)49-26/h7-8,17-22,25-26,33-34,37-41,45H,1-6H2,(H,30,42)(H,31,36)(H,32,35)(H,43,44)/t7-,8-,17-,18-,19+,20-,21-,22+,25+,26+/m1/s1. The maximum atomic E-state index is 12.8. The lowest BCUT2D eigenvalue weighted by molar-refractivity contribution is -0.328. The zero-order chi connectivity index (χ0) is 36.7. The molecule has 3 rings (SSSR count). The first-order valence-electron chi connectivity index (χ1n) is 14.2. The molecule has 20 nitrogen and oxygen atoms in total. The number of carboxylic acid groups (broad SMARTS) is 1. The van der Waals surface area contributed by atoms with Crippen molar-refractivity contribution in [2.75, 3.05) is 44.8 Å². The second-order valence-electron chi connectivity index (χ2n) is 10.5. The van der Waals surface area contributed by atoms with Gasteiger partial charge in [0.1, 0.15) is 55.4 Å². The van der Waals surface area contributed by atoms with Crippen LogP contribution in [0.4, 0.5) is 5.69 Å². The number of hydrogen-bond acceptors (Lipinski definition) is 16. The molecule has 12 N–H and O–H groups in total. The van der Waals surface area contributed by atoms with E-state index in [2.05, 4.69) is 16.0 Å². The van der Waals surface area contributed by atoms with Gasteiger partial charge in [-0.05, 0) is 67.8 Å². The number of aromatic carboxylic acids is 1. The Bertz CT molecular complexity index is 1370. The Balaban J connectivity index is 1.60. The van der Waals surface area contributed by atoms with Gasteiger partial charge in [0.05, 0.1) is 50.3 Å². The Morgan fingerprint density at radius 3 is 2.00 bits per heavy atom. The van der Waals surface area contributed by atoms with Crippen molar-refractivity contribution in [3.05, 3.63) is 21.8 Å². The van der Waals surface area contributed by atoms with Gasteiger partial charge in [0.25, 0.3) is 5.91 Å². The number of carbonyl (C=O) groups is 4. The molecule has 3 amide bonds. The molecule has 2 heterocycles. The average molecular weight is 1040 g/mol. The third-order valence-electron chi connectivity index (χ3n) is 7.21. The van der Waals surface area contributed by atoms with E-state index in [1.807, 2.05) is 0 Å². The van der Waals surface area contributed by atoms with Crippen LogP contribution in [0.3, 0.4) is 0 Å². The molecule has 0 aliphatic carbocycles. The summed E-state index contributed by atoms with van der Waals surface area (Å²) in [5, 5.41) is 96.4. The molecule has 1 aromatic rings. The molecule has 10 atom stereocenters. The monoisotopic (exact) mass is 1040 g/mol. The molecule has 2 aliphatic heterocycles. The Labute approximate surface area is 317 Å². The maximum Gasteiger partial charge on any atom is 0.337 e. The lowest BCUT2D eigenvalue weighted by Crippen LogP contribution is -2.62. The highest BCUT2D eigenvalue weighted by Gasteiger charge is 2.48. The van der Waals surface area contributed by atoms with E-state index < -0.39 is 111 Å². The fourth-order valence-corrected chi connectivity index (χ4v) is 9.04. The number of aliphatic hydroxyl groups is 8. The van der Waals surface area contributed by atoms with E-state index in [9.17, 15) is 60.0 Å². The van der Waals surface area contributed by atoms with Gasteiger partial charge in [-0.15, -0.1) is 0 Å². The zero-order valence-corrected chi connectivity index (χ0v) is 31.4. The number of amides is 3. The number of rotatable bonds is 14. The van der Waals surface area contributed by atoms with E-state index in [-0.39, 0.29) is 40.7 Å². The number of ether oxygens (including phenoxy) is 4. The van der Waals surface area contributed by atoms with Gasteiger partial charge in [0.15, 0.2) is 12.6 Å². The molecule has 0 bridgehead atoms. The van der Waals surface area contributed by atoms with E-state index >= 15 is 0 Å². The van der Waals surface area contributed by atoms with Crippen LogP contribution in [0.15, 0.2) is 0 Å². The number of benzene rings is 1. The topological polar surface area (TPSA) is 323 Å². The molecule has 0 aromatic heterocycles. The first-order chi connectivity index (χ1) is 23.0. The normalized spacial score (nSPS) is 30.0. The number of hydrogen-bond donors (Lipinski definition) is 12. The van der Waals surface area contributed by atoms with Crippen molar-refractivity contribution in [2.45, 2.75) is 61.4 Å². The van der Waals surface area contributed by atoms with E-state index in [0.29, 0.717) is 0 Å². The van der Waals surface area contributed by atoms with Gasteiger partial charge >= 0.3 is 5.97 Å². The molecular weight excluding hydrogens is 1010 g/mol. The van der Waals surface area contributed by atoms with Crippen LogP contribution in [0.1, 0.15) is 20.7 Å². The number of nitrogens with one attached hydrogen (secondary N) is 3. The third kappa shape index (κ3) is 10.2. The summed E-state index contributed by atoms with van der Waals surface area (Å²) in [4.78, 5) is 50.0. The van der Waals surface area contributed by atoms with E-state index in [4.69, 9.17) is 24.1 Å². The molecule has 49 heavy (non-hydrogen) atoms. The second-order valence-corrected chi connectivity index (χ2v) is 13.8. The van der Waals surface area contributed by atoms with Gasteiger partial charge in [-0.3, -0.25) is 14.4 Å². The third-order valence-corrected chi connectivity index (χ3v) is 10.4. The minimum atomic E-state index is -1.93. The molecule has 2 saturated heterocycles. The average Bonchev–Trinajstić information content (AvgIpc) is 3.05. The number of aliphatic hydroxyl groups excluding tert-OH is 8. The van der Waals surface area contributed by atoms with Crippen molar-refractivity contribution in [1.29, 1.82) is 0 Å². The lowest BCUT2D eigenvalue weighted by atomic mass is 9.98. The summed E-state index contributed by atoms with van der Waals surface area (Å²) in [5.74, 6) is -3.79. The summed E-state index contributed by atoms with van der Waals surface area (Å²) in [6, 6.07) is 0. The van der Waals surface area contributed by atoms with Crippen LogP contribution in [-0.4, -0.2) is 171 Å². The van der Waals surface area contributed by atoms with Gasteiger partial charge in [-0.1, -0.05) is 0 Å². The lowest BCUT2D eigenvalue weighted by Gasteiger charge is -2.42. The molecule has 0 radical (unpaired) electrons.